The van der Waals surface area contributed by atoms with Crippen LogP contribution in [-0.2, 0) is 0 Å². The third-order valence-electron chi connectivity index (χ3n) is 4.36. The minimum absolute atomic E-state index is 0.0985. The highest BCUT2D eigenvalue weighted by molar-refractivity contribution is 9.10. The zero-order valence-electron chi connectivity index (χ0n) is 14.0. The van der Waals surface area contributed by atoms with Crippen molar-refractivity contribution >= 4 is 32.9 Å². The Morgan fingerprint density at radius 3 is 2.44 bits per heavy atom. The van der Waals surface area contributed by atoms with Crippen LogP contribution in [0.25, 0.3) is 16.6 Å². The summed E-state index contributed by atoms with van der Waals surface area (Å²) in [5, 5.41) is 11.8. The molecule has 0 fully saturated rings. The Morgan fingerprint density at radius 2 is 1.74 bits per heavy atom. The number of carbonyl (C=O) groups is 1. The lowest BCUT2D eigenvalue weighted by Gasteiger charge is -2.13. The van der Waals surface area contributed by atoms with Crippen LogP contribution in [0, 0.1) is 10.1 Å². The fourth-order valence-corrected chi connectivity index (χ4v) is 3.59. The molecule has 4 rings (SSSR count). The molecule has 132 valence electrons. The van der Waals surface area contributed by atoms with E-state index in [1.807, 2.05) is 12.1 Å². The molecule has 0 aliphatic rings. The van der Waals surface area contributed by atoms with Gasteiger partial charge in [0.1, 0.15) is 5.69 Å². The quantitative estimate of drug-likeness (QED) is 0.248. The van der Waals surface area contributed by atoms with Crippen LogP contribution in [0.1, 0.15) is 16.1 Å². The molecule has 2 heterocycles. The van der Waals surface area contributed by atoms with Crippen molar-refractivity contribution in [2.24, 2.45) is 0 Å². The van der Waals surface area contributed by atoms with E-state index in [-0.39, 0.29) is 17.2 Å². The van der Waals surface area contributed by atoms with Gasteiger partial charge in [0.15, 0.2) is 0 Å². The van der Waals surface area contributed by atoms with E-state index in [0.717, 1.165) is 4.47 Å². The van der Waals surface area contributed by atoms with Gasteiger partial charge in [0.2, 0.25) is 5.78 Å². The summed E-state index contributed by atoms with van der Waals surface area (Å²) in [6.45, 7) is 0. The summed E-state index contributed by atoms with van der Waals surface area (Å²) in [6.07, 6.45) is 1.75. The first-order chi connectivity index (χ1) is 13.1. The van der Waals surface area contributed by atoms with E-state index in [1.165, 1.54) is 6.07 Å². The topological polar surface area (TPSA) is 64.6 Å². The summed E-state index contributed by atoms with van der Waals surface area (Å²) in [4.78, 5) is 24.7. The summed E-state index contributed by atoms with van der Waals surface area (Å²) in [6, 6.07) is 21.0. The Hall–Kier alpha value is -3.25. The van der Waals surface area contributed by atoms with Crippen molar-refractivity contribution in [3.8, 4) is 11.1 Å². The maximum Gasteiger partial charge on any atom is 0.281 e. The number of fused-ring (bicyclic) bond motifs is 1. The molecule has 0 atom stereocenters. The summed E-state index contributed by atoms with van der Waals surface area (Å²) < 4.78 is 2.48. The molecule has 4 aromatic rings. The minimum atomic E-state index is -0.439. The fraction of sp³-hybridized carbons (Fsp3) is 0. The maximum absolute atomic E-state index is 13.4. The normalized spacial score (nSPS) is 10.9. The van der Waals surface area contributed by atoms with E-state index < -0.39 is 4.92 Å². The van der Waals surface area contributed by atoms with Gasteiger partial charge in [-0.05, 0) is 29.8 Å². The molecule has 0 bridgehead atoms. The lowest BCUT2D eigenvalue weighted by Crippen LogP contribution is -2.11. The predicted octanol–water partition coefficient (Wildman–Crippen LogP) is 5.51. The van der Waals surface area contributed by atoms with E-state index in [9.17, 15) is 14.9 Å². The molecular formula is C21H13BrN2O3. The highest BCUT2D eigenvalue weighted by Gasteiger charge is 2.27. The lowest BCUT2D eigenvalue weighted by molar-refractivity contribution is -0.384. The van der Waals surface area contributed by atoms with Crippen molar-refractivity contribution in [1.29, 1.82) is 0 Å². The second-order valence-corrected chi connectivity index (χ2v) is 6.93. The number of hydrogen-bond donors (Lipinski definition) is 0. The first kappa shape index (κ1) is 17.2. The SMILES string of the molecule is O=C(c1ccccc1)c1c(-c2cccc(Br)c2)c([N+](=O)[O-])cc2cccn12. The first-order valence-electron chi connectivity index (χ1n) is 8.20. The van der Waals surface area contributed by atoms with E-state index in [0.29, 0.717) is 22.2 Å². The van der Waals surface area contributed by atoms with Crippen LogP contribution >= 0.6 is 15.9 Å². The zero-order chi connectivity index (χ0) is 19.0. The molecule has 2 aromatic carbocycles. The molecule has 0 radical (unpaired) electrons. The zero-order valence-corrected chi connectivity index (χ0v) is 15.6. The van der Waals surface area contributed by atoms with Gasteiger partial charge in [-0.25, -0.2) is 0 Å². The lowest BCUT2D eigenvalue weighted by atomic mass is 9.96. The van der Waals surface area contributed by atoms with E-state index in [1.54, 1.807) is 65.2 Å². The minimum Gasteiger partial charge on any atom is -0.313 e. The van der Waals surface area contributed by atoms with Crippen molar-refractivity contribution in [3.63, 3.8) is 0 Å². The predicted molar refractivity (Wildman–Crippen MR) is 107 cm³/mol. The van der Waals surface area contributed by atoms with Gasteiger partial charge >= 0.3 is 0 Å². The molecule has 0 amide bonds. The van der Waals surface area contributed by atoms with Crippen LogP contribution in [0.4, 0.5) is 5.69 Å². The van der Waals surface area contributed by atoms with Gasteiger partial charge in [0, 0.05) is 22.3 Å². The third-order valence-corrected chi connectivity index (χ3v) is 4.85. The summed E-state index contributed by atoms with van der Waals surface area (Å²) >= 11 is 3.41. The number of hydrogen-bond acceptors (Lipinski definition) is 3. The Bertz CT molecular complexity index is 1180. The highest BCUT2D eigenvalue weighted by atomic mass is 79.9. The Morgan fingerprint density at radius 1 is 0.963 bits per heavy atom. The number of nitro groups is 1. The molecule has 0 aliphatic heterocycles. The van der Waals surface area contributed by atoms with Gasteiger partial charge in [-0.1, -0.05) is 58.4 Å². The maximum atomic E-state index is 13.4. The van der Waals surface area contributed by atoms with Gasteiger partial charge in [-0.2, -0.15) is 0 Å². The van der Waals surface area contributed by atoms with Crippen LogP contribution < -0.4 is 0 Å². The van der Waals surface area contributed by atoms with Crippen LogP contribution in [0.5, 0.6) is 0 Å². The van der Waals surface area contributed by atoms with E-state index in [4.69, 9.17) is 0 Å². The highest BCUT2D eigenvalue weighted by Crippen LogP contribution is 2.37. The van der Waals surface area contributed by atoms with E-state index in [2.05, 4.69) is 15.9 Å². The molecule has 0 N–H and O–H groups in total. The van der Waals surface area contributed by atoms with Crippen molar-refractivity contribution in [2.75, 3.05) is 0 Å². The molecule has 0 unspecified atom stereocenters. The summed E-state index contributed by atoms with van der Waals surface area (Å²) in [5.41, 5.74) is 2.15. The molecule has 6 heteroatoms. The van der Waals surface area contributed by atoms with Crippen molar-refractivity contribution < 1.29 is 9.72 Å². The Labute approximate surface area is 163 Å². The Balaban J connectivity index is 2.12. The van der Waals surface area contributed by atoms with Crippen LogP contribution in [0.3, 0.4) is 0 Å². The van der Waals surface area contributed by atoms with Crippen LogP contribution in [0.15, 0.2) is 83.5 Å². The average Bonchev–Trinajstić information content (AvgIpc) is 3.15. The number of carbonyl (C=O) groups excluding carboxylic acids is 1. The molecule has 2 aromatic heterocycles. The number of rotatable bonds is 4. The number of halogens is 1. The fourth-order valence-electron chi connectivity index (χ4n) is 3.19. The first-order valence-corrected chi connectivity index (χ1v) is 9.00. The van der Waals surface area contributed by atoms with Gasteiger partial charge < -0.3 is 4.40 Å². The van der Waals surface area contributed by atoms with Crippen LogP contribution in [-0.4, -0.2) is 15.1 Å². The van der Waals surface area contributed by atoms with Gasteiger partial charge in [0.25, 0.3) is 5.69 Å². The van der Waals surface area contributed by atoms with Crippen molar-refractivity contribution in [2.45, 2.75) is 0 Å². The molecule has 27 heavy (non-hydrogen) atoms. The number of aromatic nitrogens is 1. The smallest absolute Gasteiger partial charge is 0.281 e. The third kappa shape index (κ3) is 3.04. The molecule has 0 spiro atoms. The number of ketones is 1. The summed E-state index contributed by atoms with van der Waals surface area (Å²) in [5.74, 6) is -0.268. The van der Waals surface area contributed by atoms with Gasteiger partial charge in [0.05, 0.1) is 16.0 Å². The van der Waals surface area contributed by atoms with Crippen LogP contribution in [0.2, 0.25) is 0 Å². The molecule has 0 saturated heterocycles. The standard InChI is InChI=1S/C21H13BrN2O3/c22-16-9-4-8-15(12-16)19-18(24(26)27)13-17-10-5-11-23(17)20(19)21(25)14-6-2-1-3-7-14/h1-13H. The average molecular weight is 421 g/mol. The van der Waals surface area contributed by atoms with Crippen molar-refractivity contribution in [1.82, 2.24) is 4.40 Å². The molecular weight excluding hydrogens is 408 g/mol. The number of benzene rings is 2. The largest absolute Gasteiger partial charge is 0.313 e. The number of nitrogens with zero attached hydrogens (tertiary/aromatic N) is 2. The molecule has 0 aliphatic carbocycles. The van der Waals surface area contributed by atoms with Gasteiger partial charge in [-0.3, -0.25) is 14.9 Å². The van der Waals surface area contributed by atoms with Crippen molar-refractivity contribution in [3.05, 3.63) is 105 Å². The van der Waals surface area contributed by atoms with Gasteiger partial charge in [-0.15, -0.1) is 0 Å². The monoisotopic (exact) mass is 420 g/mol. The van der Waals surface area contributed by atoms with E-state index >= 15 is 0 Å². The second kappa shape index (κ2) is 6.81. The Kier molecular flexibility index (Phi) is 4.33. The number of pyridine rings is 1. The summed E-state index contributed by atoms with van der Waals surface area (Å²) in [7, 11) is 0. The molecule has 0 saturated carbocycles. The second-order valence-electron chi connectivity index (χ2n) is 6.02. The molecule has 5 nitrogen and oxygen atoms in total.